The first-order valence-electron chi connectivity index (χ1n) is 8.33. The molecule has 0 bridgehead atoms. The van der Waals surface area contributed by atoms with Gasteiger partial charge in [0.05, 0.1) is 5.25 Å². The van der Waals surface area contributed by atoms with Crippen LogP contribution in [0, 0.1) is 0 Å². The van der Waals surface area contributed by atoms with Gasteiger partial charge in [-0.25, -0.2) is 0 Å². The smallest absolute Gasteiger partial charge is 0.229 e. The molecule has 2 aliphatic rings. The van der Waals surface area contributed by atoms with Crippen LogP contribution in [0.4, 0.5) is 11.9 Å². The fraction of sp³-hybridized carbons (Fsp3) is 0.667. The lowest BCUT2D eigenvalue weighted by Gasteiger charge is -2.15. The molecule has 2 heterocycles. The summed E-state index contributed by atoms with van der Waals surface area (Å²) in [6, 6.07) is 0.575. The molecule has 0 amide bonds. The quantitative estimate of drug-likeness (QED) is 0.795. The van der Waals surface area contributed by atoms with Crippen LogP contribution in [-0.4, -0.2) is 43.8 Å². The van der Waals surface area contributed by atoms with E-state index in [-0.39, 0.29) is 11.2 Å². The van der Waals surface area contributed by atoms with E-state index in [9.17, 15) is 0 Å². The molecule has 8 nitrogen and oxygen atoms in total. The number of hydrogen-bond donors (Lipinski definition) is 1. The SMILES string of the molecule is C[C@H](Sc1nnc(C2CC2)n1C1CC1)c1nc(N)nc(N(C)C)n1. The highest BCUT2D eigenvalue weighted by molar-refractivity contribution is 7.99. The molecule has 0 aromatic carbocycles. The summed E-state index contributed by atoms with van der Waals surface area (Å²) in [4.78, 5) is 14.8. The number of thioether (sulfide) groups is 1. The highest BCUT2D eigenvalue weighted by atomic mass is 32.2. The second-order valence-electron chi connectivity index (χ2n) is 6.72. The average Bonchev–Trinajstić information content (AvgIpc) is 3.46. The monoisotopic (exact) mass is 346 g/mol. The van der Waals surface area contributed by atoms with Crippen LogP contribution in [0.25, 0.3) is 0 Å². The number of rotatable bonds is 6. The molecule has 24 heavy (non-hydrogen) atoms. The molecule has 4 rings (SSSR count). The van der Waals surface area contributed by atoms with Crippen molar-refractivity contribution in [3.05, 3.63) is 11.6 Å². The number of nitrogens with two attached hydrogens (primary N) is 1. The van der Waals surface area contributed by atoms with E-state index in [1.54, 1.807) is 11.8 Å². The van der Waals surface area contributed by atoms with Crippen molar-refractivity contribution in [1.29, 1.82) is 0 Å². The Balaban J connectivity index is 1.59. The van der Waals surface area contributed by atoms with Crippen LogP contribution < -0.4 is 10.6 Å². The minimum Gasteiger partial charge on any atom is -0.368 e. The molecule has 0 spiro atoms. The molecule has 2 saturated carbocycles. The van der Waals surface area contributed by atoms with Crippen molar-refractivity contribution in [3.63, 3.8) is 0 Å². The second-order valence-corrected chi connectivity index (χ2v) is 8.03. The van der Waals surface area contributed by atoms with Crippen LogP contribution in [0.2, 0.25) is 0 Å². The van der Waals surface area contributed by atoms with Crippen molar-refractivity contribution in [2.45, 2.75) is 55.0 Å². The first kappa shape index (κ1) is 15.6. The van der Waals surface area contributed by atoms with Crippen LogP contribution in [0.1, 0.15) is 61.5 Å². The minimum atomic E-state index is 0.0303. The Kier molecular flexibility index (Phi) is 3.82. The number of nitrogens with zero attached hydrogens (tertiary/aromatic N) is 7. The van der Waals surface area contributed by atoms with Crippen LogP contribution in [-0.2, 0) is 0 Å². The zero-order chi connectivity index (χ0) is 16.8. The highest BCUT2D eigenvalue weighted by Gasteiger charge is 2.36. The van der Waals surface area contributed by atoms with Crippen molar-refractivity contribution < 1.29 is 0 Å². The van der Waals surface area contributed by atoms with Crippen molar-refractivity contribution in [2.24, 2.45) is 0 Å². The van der Waals surface area contributed by atoms with Crippen LogP contribution in [0.5, 0.6) is 0 Å². The lowest BCUT2D eigenvalue weighted by atomic mass is 10.4. The van der Waals surface area contributed by atoms with Crippen molar-refractivity contribution in [3.8, 4) is 0 Å². The van der Waals surface area contributed by atoms with Crippen LogP contribution in [0.3, 0.4) is 0 Å². The zero-order valence-corrected chi connectivity index (χ0v) is 15.0. The number of anilines is 2. The second kappa shape index (κ2) is 5.87. The summed E-state index contributed by atoms with van der Waals surface area (Å²) in [6.07, 6.45) is 4.93. The molecule has 9 heteroatoms. The van der Waals surface area contributed by atoms with E-state index in [1.165, 1.54) is 25.7 Å². The van der Waals surface area contributed by atoms with Gasteiger partial charge in [0.25, 0.3) is 0 Å². The Hall–Kier alpha value is -1.90. The molecule has 0 unspecified atom stereocenters. The third-order valence-electron chi connectivity index (χ3n) is 4.25. The maximum absolute atomic E-state index is 5.84. The fourth-order valence-electron chi connectivity index (χ4n) is 2.65. The molecule has 0 radical (unpaired) electrons. The summed E-state index contributed by atoms with van der Waals surface area (Å²) in [5, 5.41) is 9.90. The molecule has 128 valence electrons. The predicted octanol–water partition coefficient (Wildman–Crippen LogP) is 2.18. The van der Waals surface area contributed by atoms with E-state index < -0.39 is 0 Å². The summed E-state index contributed by atoms with van der Waals surface area (Å²) in [6.45, 7) is 2.07. The third-order valence-corrected chi connectivity index (χ3v) is 5.30. The number of aromatic nitrogens is 6. The molecule has 2 aromatic heterocycles. The summed E-state index contributed by atoms with van der Waals surface area (Å²) in [5.41, 5.74) is 5.84. The van der Waals surface area contributed by atoms with Crippen molar-refractivity contribution in [1.82, 2.24) is 29.7 Å². The first-order valence-corrected chi connectivity index (χ1v) is 9.21. The topological polar surface area (TPSA) is 98.6 Å². The van der Waals surface area contributed by atoms with Gasteiger partial charge in [0.15, 0.2) is 5.16 Å². The van der Waals surface area contributed by atoms with E-state index in [2.05, 4.69) is 36.6 Å². The Morgan fingerprint density at radius 3 is 2.50 bits per heavy atom. The van der Waals surface area contributed by atoms with E-state index in [0.717, 1.165) is 11.0 Å². The summed E-state index contributed by atoms with van der Waals surface area (Å²) in [5.74, 6) is 3.27. The van der Waals surface area contributed by atoms with E-state index in [4.69, 9.17) is 5.73 Å². The molecule has 0 saturated heterocycles. The molecular weight excluding hydrogens is 324 g/mol. The Bertz CT molecular complexity index is 750. The lowest BCUT2D eigenvalue weighted by Crippen LogP contribution is -2.16. The third kappa shape index (κ3) is 3.04. The van der Waals surface area contributed by atoms with Gasteiger partial charge in [-0.3, -0.25) is 0 Å². The number of hydrogen-bond acceptors (Lipinski definition) is 8. The van der Waals surface area contributed by atoms with Gasteiger partial charge < -0.3 is 15.2 Å². The highest BCUT2D eigenvalue weighted by Crippen LogP contribution is 2.47. The van der Waals surface area contributed by atoms with Gasteiger partial charge in [-0.15, -0.1) is 10.2 Å². The standard InChI is InChI=1S/C15H22N8S/c1-8(11-17-13(16)19-14(18-11)22(2)3)24-15-21-20-12(9-4-5-9)23(15)10-6-7-10/h8-10H,4-7H2,1-3H3,(H2,16,17,18,19)/t8-/m0/s1. The normalized spacial score (nSPS) is 18.6. The fourth-order valence-corrected chi connectivity index (χ4v) is 3.63. The van der Waals surface area contributed by atoms with E-state index in [0.29, 0.717) is 23.7 Å². The largest absolute Gasteiger partial charge is 0.368 e. The molecule has 2 aromatic rings. The molecule has 2 aliphatic carbocycles. The molecule has 2 fully saturated rings. The van der Waals surface area contributed by atoms with Crippen molar-refractivity contribution >= 4 is 23.7 Å². The van der Waals surface area contributed by atoms with Gasteiger partial charge in [0, 0.05) is 26.1 Å². The zero-order valence-electron chi connectivity index (χ0n) is 14.2. The van der Waals surface area contributed by atoms with Gasteiger partial charge in [-0.05, 0) is 32.6 Å². The Morgan fingerprint density at radius 1 is 1.12 bits per heavy atom. The Morgan fingerprint density at radius 2 is 1.88 bits per heavy atom. The van der Waals surface area contributed by atoms with Crippen LogP contribution >= 0.6 is 11.8 Å². The van der Waals surface area contributed by atoms with E-state index in [1.807, 2.05) is 19.0 Å². The predicted molar refractivity (Wildman–Crippen MR) is 93.1 cm³/mol. The summed E-state index contributed by atoms with van der Waals surface area (Å²) in [7, 11) is 3.78. The first-order chi connectivity index (χ1) is 11.5. The lowest BCUT2D eigenvalue weighted by molar-refractivity contribution is 0.625. The maximum Gasteiger partial charge on any atom is 0.229 e. The minimum absolute atomic E-state index is 0.0303. The van der Waals surface area contributed by atoms with Gasteiger partial charge in [-0.2, -0.15) is 15.0 Å². The van der Waals surface area contributed by atoms with Crippen molar-refractivity contribution in [2.75, 3.05) is 24.7 Å². The summed E-state index contributed by atoms with van der Waals surface area (Å²) < 4.78 is 2.34. The van der Waals surface area contributed by atoms with Gasteiger partial charge in [-0.1, -0.05) is 11.8 Å². The molecule has 2 N–H and O–H groups in total. The molecule has 0 aliphatic heterocycles. The molecular formula is C15H22N8S. The van der Waals surface area contributed by atoms with Gasteiger partial charge >= 0.3 is 0 Å². The van der Waals surface area contributed by atoms with Gasteiger partial charge in [0.2, 0.25) is 11.9 Å². The maximum atomic E-state index is 5.84. The van der Waals surface area contributed by atoms with Gasteiger partial charge in [0.1, 0.15) is 11.6 Å². The van der Waals surface area contributed by atoms with Crippen LogP contribution in [0.15, 0.2) is 5.16 Å². The Labute approximate surface area is 145 Å². The average molecular weight is 346 g/mol. The summed E-state index contributed by atoms with van der Waals surface area (Å²) >= 11 is 1.65. The van der Waals surface area contributed by atoms with E-state index >= 15 is 0 Å². The number of nitrogen functional groups attached to an aromatic ring is 1. The molecule has 1 atom stereocenters.